The zero-order chi connectivity index (χ0) is 16.2. The van der Waals surface area contributed by atoms with Crippen LogP contribution in [0, 0.1) is 0 Å². The number of H-pyrrole nitrogens is 1. The molecule has 0 aliphatic rings. The van der Waals surface area contributed by atoms with Crippen LogP contribution >= 0.6 is 0 Å². The third kappa shape index (κ3) is 3.23. The molecule has 0 bridgehead atoms. The van der Waals surface area contributed by atoms with Crippen LogP contribution in [0.3, 0.4) is 0 Å². The monoisotopic (exact) mass is 308 g/mol. The van der Waals surface area contributed by atoms with E-state index in [2.05, 4.69) is 10.3 Å². The van der Waals surface area contributed by atoms with E-state index in [0.29, 0.717) is 5.56 Å². The van der Waals surface area contributed by atoms with E-state index >= 15 is 0 Å². The second-order valence-electron chi connectivity index (χ2n) is 5.30. The van der Waals surface area contributed by atoms with Gasteiger partial charge in [0, 0.05) is 29.1 Å². The number of rotatable bonds is 5. The van der Waals surface area contributed by atoms with Gasteiger partial charge in [-0.25, -0.2) is 4.79 Å². The van der Waals surface area contributed by atoms with Crippen molar-refractivity contribution in [3.05, 3.63) is 71.9 Å². The number of aromatic amines is 1. The number of carbonyl (C=O) groups is 2. The minimum atomic E-state index is -1.05. The van der Waals surface area contributed by atoms with Crippen LogP contribution in [0.15, 0.2) is 60.8 Å². The van der Waals surface area contributed by atoms with Crippen molar-refractivity contribution in [2.45, 2.75) is 12.5 Å². The average molecular weight is 308 g/mol. The highest BCUT2D eigenvalue weighted by molar-refractivity contribution is 6.07. The Kier molecular flexibility index (Phi) is 4.10. The van der Waals surface area contributed by atoms with Crippen molar-refractivity contribution in [2.75, 3.05) is 0 Å². The van der Waals surface area contributed by atoms with Crippen LogP contribution in [0.2, 0.25) is 0 Å². The smallest absolute Gasteiger partial charge is 0.326 e. The van der Waals surface area contributed by atoms with Gasteiger partial charge >= 0.3 is 5.97 Å². The minimum Gasteiger partial charge on any atom is -0.480 e. The molecular formula is C18H16N2O3. The molecule has 0 spiro atoms. The van der Waals surface area contributed by atoms with Crippen molar-refractivity contribution in [1.82, 2.24) is 10.3 Å². The van der Waals surface area contributed by atoms with E-state index in [1.54, 1.807) is 24.4 Å². The third-order valence-corrected chi connectivity index (χ3v) is 3.73. The molecule has 0 fully saturated rings. The molecule has 3 rings (SSSR count). The number of amides is 1. The van der Waals surface area contributed by atoms with Crippen molar-refractivity contribution in [2.24, 2.45) is 0 Å². The van der Waals surface area contributed by atoms with E-state index in [4.69, 9.17) is 0 Å². The number of hydrogen-bond donors (Lipinski definition) is 3. The number of benzene rings is 2. The second-order valence-corrected chi connectivity index (χ2v) is 5.30. The fraction of sp³-hybridized carbons (Fsp3) is 0.111. The normalized spacial score (nSPS) is 12.0. The zero-order valence-electron chi connectivity index (χ0n) is 12.3. The molecule has 5 nitrogen and oxygen atoms in total. The van der Waals surface area contributed by atoms with E-state index in [9.17, 15) is 14.7 Å². The van der Waals surface area contributed by atoms with Gasteiger partial charge in [0.15, 0.2) is 0 Å². The molecule has 5 heteroatoms. The number of carboxylic acids is 1. The minimum absolute atomic E-state index is 0.241. The lowest BCUT2D eigenvalue weighted by Gasteiger charge is -2.15. The zero-order valence-corrected chi connectivity index (χ0v) is 12.3. The molecule has 3 N–H and O–H groups in total. The van der Waals surface area contributed by atoms with Gasteiger partial charge in [0.05, 0.1) is 0 Å². The van der Waals surface area contributed by atoms with Crippen molar-refractivity contribution in [1.29, 1.82) is 0 Å². The second kappa shape index (κ2) is 6.36. The maximum Gasteiger partial charge on any atom is 0.326 e. The van der Waals surface area contributed by atoms with Crippen LogP contribution in [0.1, 0.15) is 15.9 Å². The number of carboxylic acid groups (broad SMARTS) is 1. The van der Waals surface area contributed by atoms with Crippen LogP contribution < -0.4 is 5.32 Å². The molecule has 1 unspecified atom stereocenters. The molecule has 0 saturated heterocycles. The van der Waals surface area contributed by atoms with Crippen molar-refractivity contribution in [3.8, 4) is 0 Å². The topological polar surface area (TPSA) is 82.2 Å². The quantitative estimate of drug-likeness (QED) is 0.677. The Hall–Kier alpha value is -3.08. The summed E-state index contributed by atoms with van der Waals surface area (Å²) < 4.78 is 0. The van der Waals surface area contributed by atoms with E-state index in [0.717, 1.165) is 16.5 Å². The van der Waals surface area contributed by atoms with Crippen LogP contribution in [-0.2, 0) is 11.2 Å². The lowest BCUT2D eigenvalue weighted by atomic mass is 10.0. The number of carbonyl (C=O) groups excluding carboxylic acids is 1. The summed E-state index contributed by atoms with van der Waals surface area (Å²) in [6.07, 6.45) is 1.99. The first kappa shape index (κ1) is 14.8. The molecule has 2 aromatic carbocycles. The van der Waals surface area contributed by atoms with E-state index in [1.807, 2.05) is 36.4 Å². The van der Waals surface area contributed by atoms with Crippen LogP contribution in [0.5, 0.6) is 0 Å². The molecular weight excluding hydrogens is 292 g/mol. The number of hydrogen-bond acceptors (Lipinski definition) is 2. The number of aliphatic carboxylic acids is 1. The Morgan fingerprint density at radius 3 is 2.57 bits per heavy atom. The molecule has 1 aromatic heterocycles. The van der Waals surface area contributed by atoms with E-state index in [1.165, 1.54) is 0 Å². The van der Waals surface area contributed by atoms with Gasteiger partial charge < -0.3 is 15.4 Å². The van der Waals surface area contributed by atoms with Gasteiger partial charge in [0.2, 0.25) is 0 Å². The Labute approximate surface area is 133 Å². The van der Waals surface area contributed by atoms with Gasteiger partial charge in [0.25, 0.3) is 5.91 Å². The lowest BCUT2D eigenvalue weighted by molar-refractivity contribution is -0.139. The molecule has 0 saturated carbocycles. The van der Waals surface area contributed by atoms with Crippen LogP contribution in [0.4, 0.5) is 0 Å². The summed E-state index contributed by atoms with van der Waals surface area (Å²) in [5.41, 5.74) is 2.16. The van der Waals surface area contributed by atoms with Crippen LogP contribution in [0.25, 0.3) is 10.9 Å². The highest BCUT2D eigenvalue weighted by Gasteiger charge is 2.22. The Balaban J connectivity index is 1.81. The molecule has 116 valence electrons. The largest absolute Gasteiger partial charge is 0.480 e. The molecule has 23 heavy (non-hydrogen) atoms. The Morgan fingerprint density at radius 1 is 1.04 bits per heavy atom. The summed E-state index contributed by atoms with van der Waals surface area (Å²) in [6.45, 7) is 0. The first-order valence-corrected chi connectivity index (χ1v) is 7.29. The summed E-state index contributed by atoms with van der Waals surface area (Å²) in [7, 11) is 0. The molecule has 0 radical (unpaired) electrons. The van der Waals surface area contributed by atoms with Gasteiger partial charge in [-0.1, -0.05) is 36.4 Å². The SMILES string of the molecule is O=C(NC(Cc1ccccc1)C(=O)O)c1cccc2[nH]ccc12. The summed E-state index contributed by atoms with van der Waals surface area (Å²) in [5, 5.41) is 12.8. The molecule has 0 aliphatic heterocycles. The van der Waals surface area contributed by atoms with Gasteiger partial charge in [-0.15, -0.1) is 0 Å². The average Bonchev–Trinajstić information content (AvgIpc) is 3.03. The fourth-order valence-electron chi connectivity index (χ4n) is 2.57. The molecule has 0 aliphatic carbocycles. The maximum absolute atomic E-state index is 12.5. The maximum atomic E-state index is 12.5. The number of fused-ring (bicyclic) bond motifs is 1. The lowest BCUT2D eigenvalue weighted by Crippen LogP contribution is -2.42. The first-order valence-electron chi connectivity index (χ1n) is 7.29. The first-order chi connectivity index (χ1) is 11.1. The Morgan fingerprint density at radius 2 is 1.83 bits per heavy atom. The van der Waals surface area contributed by atoms with Gasteiger partial charge in [-0.2, -0.15) is 0 Å². The van der Waals surface area contributed by atoms with Crippen molar-refractivity contribution >= 4 is 22.8 Å². The van der Waals surface area contributed by atoms with Crippen LogP contribution in [-0.4, -0.2) is 28.0 Å². The summed E-state index contributed by atoms with van der Waals surface area (Å²) in [5.74, 6) is -1.44. The van der Waals surface area contributed by atoms with Gasteiger partial charge in [0.1, 0.15) is 6.04 Å². The number of nitrogens with one attached hydrogen (secondary N) is 2. The van der Waals surface area contributed by atoms with Gasteiger partial charge in [-0.3, -0.25) is 4.79 Å². The summed E-state index contributed by atoms with van der Waals surface area (Å²) in [6, 6.07) is 15.4. The van der Waals surface area contributed by atoms with Crippen molar-refractivity contribution in [3.63, 3.8) is 0 Å². The predicted octanol–water partition coefficient (Wildman–Crippen LogP) is 2.59. The molecule has 3 aromatic rings. The van der Waals surface area contributed by atoms with E-state index < -0.39 is 17.9 Å². The molecule has 1 heterocycles. The third-order valence-electron chi connectivity index (χ3n) is 3.73. The molecule has 1 amide bonds. The predicted molar refractivity (Wildman–Crippen MR) is 87.3 cm³/mol. The summed E-state index contributed by atoms with van der Waals surface area (Å²) >= 11 is 0. The highest BCUT2D eigenvalue weighted by Crippen LogP contribution is 2.17. The standard InChI is InChI=1S/C18H16N2O3/c21-17(14-7-4-8-15-13(14)9-10-19-15)20-16(18(22)23)11-12-5-2-1-3-6-12/h1-10,16,19H,11H2,(H,20,21)(H,22,23). The number of aromatic nitrogens is 1. The fourth-order valence-corrected chi connectivity index (χ4v) is 2.57. The van der Waals surface area contributed by atoms with Crippen molar-refractivity contribution < 1.29 is 14.7 Å². The summed E-state index contributed by atoms with van der Waals surface area (Å²) in [4.78, 5) is 27.0. The van der Waals surface area contributed by atoms with E-state index in [-0.39, 0.29) is 6.42 Å². The highest BCUT2D eigenvalue weighted by atomic mass is 16.4. The Bertz CT molecular complexity index is 840. The van der Waals surface area contributed by atoms with Gasteiger partial charge in [-0.05, 0) is 23.8 Å². The molecule has 1 atom stereocenters.